The number of nitrogens with zero attached hydrogens (tertiary/aromatic N) is 4. The molecule has 9 nitrogen and oxygen atoms in total. The van der Waals surface area contributed by atoms with Gasteiger partial charge in [-0.1, -0.05) is 11.8 Å². The third kappa shape index (κ3) is 4.95. The van der Waals surface area contributed by atoms with Gasteiger partial charge in [0, 0.05) is 25.3 Å². The van der Waals surface area contributed by atoms with Crippen LogP contribution in [0.2, 0.25) is 0 Å². The third-order valence-corrected chi connectivity index (χ3v) is 8.53. The fourth-order valence-corrected chi connectivity index (χ4v) is 6.08. The summed E-state index contributed by atoms with van der Waals surface area (Å²) in [6.45, 7) is 5.82. The lowest BCUT2D eigenvalue weighted by Gasteiger charge is -2.26. The van der Waals surface area contributed by atoms with Gasteiger partial charge in [-0.2, -0.15) is 9.57 Å². The molecule has 2 heterocycles. The molecule has 0 unspecified atom stereocenters. The Labute approximate surface area is 202 Å². The largest absolute Gasteiger partial charge is 0.379 e. The van der Waals surface area contributed by atoms with Crippen molar-refractivity contribution in [3.05, 3.63) is 48.0 Å². The summed E-state index contributed by atoms with van der Waals surface area (Å²) in [6.07, 6.45) is 0. The number of morpholine rings is 1. The highest BCUT2D eigenvalue weighted by atomic mass is 32.2. The first-order valence-electron chi connectivity index (χ1n) is 10.9. The molecule has 1 amide bonds. The summed E-state index contributed by atoms with van der Waals surface area (Å²) in [6, 6.07) is 13.7. The Hall–Kier alpha value is -2.91. The number of imidazole rings is 1. The highest BCUT2D eigenvalue weighted by molar-refractivity contribution is 8.00. The number of anilines is 1. The topological polar surface area (TPSA) is 117 Å². The van der Waals surface area contributed by atoms with Crippen LogP contribution in [-0.2, 0) is 26.1 Å². The van der Waals surface area contributed by atoms with Gasteiger partial charge in [0.1, 0.15) is 0 Å². The molecule has 1 aliphatic rings. The number of thioether (sulfide) groups is 1. The molecule has 1 saturated heterocycles. The highest BCUT2D eigenvalue weighted by Gasteiger charge is 2.27. The molecule has 0 aliphatic carbocycles. The molecule has 34 heavy (non-hydrogen) atoms. The average molecular weight is 500 g/mol. The second kappa shape index (κ2) is 10.1. The van der Waals surface area contributed by atoms with E-state index >= 15 is 0 Å². The van der Waals surface area contributed by atoms with Crippen molar-refractivity contribution in [2.45, 2.75) is 35.7 Å². The molecule has 0 radical (unpaired) electrons. The van der Waals surface area contributed by atoms with Crippen molar-refractivity contribution in [1.29, 1.82) is 5.26 Å². The molecular formula is C23H25N5O4S2. The zero-order valence-electron chi connectivity index (χ0n) is 18.9. The number of amides is 1. The monoisotopic (exact) mass is 499 g/mol. The normalized spacial score (nSPS) is 15.7. The van der Waals surface area contributed by atoms with Crippen LogP contribution in [0.5, 0.6) is 0 Å². The number of benzene rings is 2. The van der Waals surface area contributed by atoms with Crippen molar-refractivity contribution in [2.75, 3.05) is 31.6 Å². The van der Waals surface area contributed by atoms with Crippen molar-refractivity contribution < 1.29 is 17.9 Å². The van der Waals surface area contributed by atoms with Gasteiger partial charge >= 0.3 is 0 Å². The lowest BCUT2D eigenvalue weighted by Crippen LogP contribution is -2.40. The zero-order chi connectivity index (χ0) is 24.3. The summed E-state index contributed by atoms with van der Waals surface area (Å²) in [7, 11) is -3.63. The number of carbonyl (C=O) groups is 1. The number of aryl methyl sites for hydroxylation is 1. The van der Waals surface area contributed by atoms with E-state index in [1.807, 2.05) is 17.6 Å². The van der Waals surface area contributed by atoms with Gasteiger partial charge in [-0.25, -0.2) is 13.4 Å². The summed E-state index contributed by atoms with van der Waals surface area (Å²) in [5, 5.41) is 11.9. The maximum Gasteiger partial charge on any atom is 0.243 e. The number of nitriles is 1. The van der Waals surface area contributed by atoms with Crippen molar-refractivity contribution in [3.63, 3.8) is 0 Å². The molecule has 1 aliphatic heterocycles. The predicted octanol–water partition coefficient (Wildman–Crippen LogP) is 3.07. The number of carbonyl (C=O) groups excluding carboxylic acids is 1. The van der Waals surface area contributed by atoms with E-state index in [9.17, 15) is 13.2 Å². The van der Waals surface area contributed by atoms with Crippen LogP contribution in [0.25, 0.3) is 11.0 Å². The lowest BCUT2D eigenvalue weighted by atomic mass is 10.2. The van der Waals surface area contributed by atoms with Crippen molar-refractivity contribution >= 4 is 44.4 Å². The Morgan fingerprint density at radius 2 is 1.94 bits per heavy atom. The van der Waals surface area contributed by atoms with Crippen LogP contribution in [-0.4, -0.2) is 59.7 Å². The van der Waals surface area contributed by atoms with E-state index in [4.69, 9.17) is 10.00 Å². The first-order chi connectivity index (χ1) is 16.3. The van der Waals surface area contributed by atoms with Crippen LogP contribution in [0.3, 0.4) is 0 Å². The van der Waals surface area contributed by atoms with Gasteiger partial charge in [0.15, 0.2) is 5.16 Å². The predicted molar refractivity (Wildman–Crippen MR) is 130 cm³/mol. The molecule has 1 atom stereocenters. The van der Waals surface area contributed by atoms with Gasteiger partial charge in [0.2, 0.25) is 15.9 Å². The van der Waals surface area contributed by atoms with Crippen LogP contribution >= 0.6 is 11.8 Å². The van der Waals surface area contributed by atoms with E-state index in [1.54, 1.807) is 49.4 Å². The molecular weight excluding hydrogens is 474 g/mol. The SMILES string of the molecule is CCn1c(S[C@@H](C)C(=O)Nc2ccc(C#N)cc2)nc2cc(S(=O)(=O)N3CCOCC3)ccc21. The summed E-state index contributed by atoms with van der Waals surface area (Å²) < 4.78 is 34.7. The number of sulfonamides is 1. The minimum Gasteiger partial charge on any atom is -0.379 e. The van der Waals surface area contributed by atoms with Gasteiger partial charge in [-0.3, -0.25) is 4.79 Å². The van der Waals surface area contributed by atoms with E-state index in [1.165, 1.54) is 16.1 Å². The van der Waals surface area contributed by atoms with E-state index in [-0.39, 0.29) is 10.8 Å². The first-order valence-corrected chi connectivity index (χ1v) is 13.2. The van der Waals surface area contributed by atoms with Gasteiger partial charge in [0.25, 0.3) is 0 Å². The molecule has 1 N–H and O–H groups in total. The van der Waals surface area contributed by atoms with Gasteiger partial charge < -0.3 is 14.6 Å². The van der Waals surface area contributed by atoms with Crippen LogP contribution < -0.4 is 5.32 Å². The molecule has 3 aromatic rings. The van der Waals surface area contributed by atoms with Crippen molar-refractivity contribution in [3.8, 4) is 6.07 Å². The van der Waals surface area contributed by atoms with Crippen molar-refractivity contribution in [1.82, 2.24) is 13.9 Å². The number of hydrogen-bond donors (Lipinski definition) is 1. The van der Waals surface area contributed by atoms with E-state index < -0.39 is 15.3 Å². The van der Waals surface area contributed by atoms with E-state index in [0.717, 1.165) is 5.52 Å². The van der Waals surface area contributed by atoms with Crippen LogP contribution in [0.15, 0.2) is 52.5 Å². The standard InChI is InChI=1S/C23H25N5O4S2/c1-3-28-21-9-8-19(34(30,31)27-10-12-32-13-11-27)14-20(21)26-23(28)33-16(2)22(29)25-18-6-4-17(15-24)5-7-18/h4-9,14,16H,3,10-13H2,1-2H3,(H,25,29)/t16-/m0/s1. The quantitative estimate of drug-likeness (QED) is 0.497. The molecule has 0 spiro atoms. The van der Waals surface area contributed by atoms with Gasteiger partial charge in [0.05, 0.1) is 46.0 Å². The number of fused-ring (bicyclic) bond motifs is 1. The van der Waals surface area contributed by atoms with Crippen LogP contribution in [0.4, 0.5) is 5.69 Å². The highest BCUT2D eigenvalue weighted by Crippen LogP contribution is 2.30. The zero-order valence-corrected chi connectivity index (χ0v) is 20.5. The molecule has 0 bridgehead atoms. The number of hydrogen-bond acceptors (Lipinski definition) is 7. The smallest absolute Gasteiger partial charge is 0.243 e. The van der Waals surface area contributed by atoms with Gasteiger partial charge in [-0.05, 0) is 56.3 Å². The second-order valence-electron chi connectivity index (χ2n) is 7.74. The number of aromatic nitrogens is 2. The van der Waals surface area contributed by atoms with E-state index in [2.05, 4.69) is 10.3 Å². The summed E-state index contributed by atoms with van der Waals surface area (Å²) in [5.74, 6) is -0.194. The summed E-state index contributed by atoms with van der Waals surface area (Å²) >= 11 is 1.31. The fraction of sp³-hybridized carbons (Fsp3) is 0.348. The Morgan fingerprint density at radius 1 is 1.24 bits per heavy atom. The third-order valence-electron chi connectivity index (χ3n) is 5.54. The van der Waals surface area contributed by atoms with Crippen LogP contribution in [0, 0.1) is 11.3 Å². The van der Waals surface area contributed by atoms with Crippen LogP contribution in [0.1, 0.15) is 19.4 Å². The van der Waals surface area contributed by atoms with Crippen molar-refractivity contribution in [2.24, 2.45) is 0 Å². The minimum atomic E-state index is -3.63. The van der Waals surface area contributed by atoms with Gasteiger partial charge in [-0.15, -0.1) is 0 Å². The first kappa shape index (κ1) is 24.2. The molecule has 2 aromatic carbocycles. The lowest BCUT2D eigenvalue weighted by molar-refractivity contribution is -0.115. The molecule has 0 saturated carbocycles. The molecule has 11 heteroatoms. The summed E-state index contributed by atoms with van der Waals surface area (Å²) in [5.41, 5.74) is 2.51. The number of ether oxygens (including phenoxy) is 1. The maximum atomic E-state index is 13.0. The minimum absolute atomic E-state index is 0.194. The second-order valence-corrected chi connectivity index (χ2v) is 11.0. The Balaban J connectivity index is 1.54. The Morgan fingerprint density at radius 3 is 2.59 bits per heavy atom. The molecule has 4 rings (SSSR count). The Kier molecular flexibility index (Phi) is 7.23. The average Bonchev–Trinajstić information content (AvgIpc) is 3.21. The number of rotatable bonds is 7. The fourth-order valence-electron chi connectivity index (χ4n) is 3.66. The molecule has 1 fully saturated rings. The molecule has 178 valence electrons. The van der Waals surface area contributed by atoms with E-state index in [0.29, 0.717) is 54.8 Å². The molecule has 1 aromatic heterocycles. The number of nitrogens with one attached hydrogen (secondary N) is 1. The Bertz CT molecular complexity index is 1340. The summed E-state index contributed by atoms with van der Waals surface area (Å²) in [4.78, 5) is 17.6. The maximum absolute atomic E-state index is 13.0.